The van der Waals surface area contributed by atoms with Gasteiger partial charge in [0.1, 0.15) is 0 Å². The highest BCUT2D eigenvalue weighted by atomic mass is 33.1. The fourth-order valence-electron chi connectivity index (χ4n) is 9.96. The van der Waals surface area contributed by atoms with Crippen LogP contribution in [0.1, 0.15) is 113 Å². The van der Waals surface area contributed by atoms with Crippen LogP contribution < -0.4 is 5.32 Å². The smallest absolute Gasteiger partial charge is 0.0262 e. The number of hydrogen-bond donors (Lipinski definition) is 1. The first kappa shape index (κ1) is 29.0. The van der Waals surface area contributed by atoms with E-state index in [2.05, 4.69) is 87.6 Å². The van der Waals surface area contributed by atoms with Crippen molar-refractivity contribution >= 4 is 21.6 Å². The molecule has 0 bridgehead atoms. The minimum atomic E-state index is 0.467. The van der Waals surface area contributed by atoms with Gasteiger partial charge in [0.2, 0.25) is 0 Å². The first-order chi connectivity index (χ1) is 17.1. The van der Waals surface area contributed by atoms with E-state index in [4.69, 9.17) is 0 Å². The summed E-state index contributed by atoms with van der Waals surface area (Å²) in [5, 5.41) is 3.98. The predicted octanol–water partition coefficient (Wildman–Crippen LogP) is 10.1. The fraction of sp³-hybridized carbons (Fsp3) is 0.879. The van der Waals surface area contributed by atoms with E-state index in [-0.39, 0.29) is 0 Å². The van der Waals surface area contributed by atoms with E-state index in [9.17, 15) is 0 Å². The fourth-order valence-corrected chi connectivity index (χ4v) is 12.8. The second kappa shape index (κ2) is 12.0. The Bertz CT molecular complexity index is 802. The van der Waals surface area contributed by atoms with Crippen LogP contribution in [0, 0.1) is 52.3 Å². The molecule has 9 atom stereocenters. The molecule has 3 fully saturated rings. The lowest BCUT2D eigenvalue weighted by atomic mass is 9.44. The molecule has 0 aromatic heterocycles. The third-order valence-electron chi connectivity index (χ3n) is 11.4. The van der Waals surface area contributed by atoms with Crippen LogP contribution in [0.3, 0.4) is 0 Å². The Morgan fingerprint density at radius 3 is 2.67 bits per heavy atom. The van der Waals surface area contributed by atoms with Gasteiger partial charge < -0.3 is 5.32 Å². The zero-order valence-electron chi connectivity index (χ0n) is 24.9. The largest absolute Gasteiger partial charge is 0.394 e. The van der Waals surface area contributed by atoms with E-state index in [1.807, 2.05) is 12.6 Å². The SMILES string of the molecule is CN/C=C(\C)CSSC1CCC2(C)C(=CCC3C2C(C)CC2(C)C(C(C)CCCC(C)C)CCC32)C1. The summed E-state index contributed by atoms with van der Waals surface area (Å²) in [6.07, 6.45) is 19.3. The minimum absolute atomic E-state index is 0.467. The summed E-state index contributed by atoms with van der Waals surface area (Å²) in [4.78, 5) is 0. The Morgan fingerprint density at radius 1 is 1.17 bits per heavy atom. The highest BCUT2D eigenvalue weighted by Crippen LogP contribution is 2.69. The molecule has 3 heteroatoms. The summed E-state index contributed by atoms with van der Waals surface area (Å²) < 4.78 is 0. The molecule has 4 aliphatic carbocycles. The van der Waals surface area contributed by atoms with Crippen molar-refractivity contribution in [1.29, 1.82) is 0 Å². The molecule has 206 valence electrons. The topological polar surface area (TPSA) is 12.0 Å². The molecule has 0 aliphatic heterocycles. The average molecular weight is 532 g/mol. The van der Waals surface area contributed by atoms with Crippen LogP contribution in [0.15, 0.2) is 23.4 Å². The van der Waals surface area contributed by atoms with Crippen molar-refractivity contribution in [2.45, 2.75) is 118 Å². The van der Waals surface area contributed by atoms with Crippen LogP contribution in [0.2, 0.25) is 0 Å². The molecule has 9 unspecified atom stereocenters. The van der Waals surface area contributed by atoms with Gasteiger partial charge in [0.05, 0.1) is 0 Å². The number of allylic oxidation sites excluding steroid dienone is 2. The molecular formula is C33H57NS2. The van der Waals surface area contributed by atoms with Crippen molar-refractivity contribution in [2.24, 2.45) is 52.3 Å². The Balaban J connectivity index is 1.42. The van der Waals surface area contributed by atoms with E-state index in [0.29, 0.717) is 10.8 Å². The highest BCUT2D eigenvalue weighted by molar-refractivity contribution is 8.77. The van der Waals surface area contributed by atoms with Gasteiger partial charge in [-0.15, -0.1) is 0 Å². The second-order valence-electron chi connectivity index (χ2n) is 14.4. The molecule has 0 amide bonds. The van der Waals surface area contributed by atoms with Crippen LogP contribution in [0.4, 0.5) is 0 Å². The van der Waals surface area contributed by atoms with Crippen LogP contribution in [0.5, 0.6) is 0 Å². The lowest BCUT2D eigenvalue weighted by Gasteiger charge is -2.61. The maximum Gasteiger partial charge on any atom is 0.0262 e. The summed E-state index contributed by atoms with van der Waals surface area (Å²) in [6.45, 7) is 17.7. The summed E-state index contributed by atoms with van der Waals surface area (Å²) >= 11 is 0. The van der Waals surface area contributed by atoms with Gasteiger partial charge in [-0.2, -0.15) is 0 Å². The summed E-state index contributed by atoms with van der Waals surface area (Å²) in [5.41, 5.74) is 4.34. The van der Waals surface area contributed by atoms with Crippen LogP contribution in [-0.2, 0) is 0 Å². The lowest BCUT2D eigenvalue weighted by Crippen LogP contribution is -2.54. The zero-order valence-corrected chi connectivity index (χ0v) is 26.5. The van der Waals surface area contributed by atoms with E-state index < -0.39 is 0 Å². The second-order valence-corrected chi connectivity index (χ2v) is 17.0. The molecule has 4 aliphatic rings. The monoisotopic (exact) mass is 531 g/mol. The molecule has 0 spiro atoms. The molecule has 36 heavy (non-hydrogen) atoms. The average Bonchev–Trinajstić information content (AvgIpc) is 3.15. The van der Waals surface area contributed by atoms with E-state index in [1.165, 1.54) is 69.8 Å². The quantitative estimate of drug-likeness (QED) is 0.222. The van der Waals surface area contributed by atoms with Crippen molar-refractivity contribution in [2.75, 3.05) is 12.8 Å². The first-order valence-corrected chi connectivity index (χ1v) is 17.8. The van der Waals surface area contributed by atoms with Crippen LogP contribution in [-0.4, -0.2) is 18.1 Å². The number of rotatable bonds is 10. The molecule has 0 aromatic carbocycles. The van der Waals surface area contributed by atoms with Crippen molar-refractivity contribution in [1.82, 2.24) is 5.32 Å². The summed E-state index contributed by atoms with van der Waals surface area (Å²) in [6, 6.07) is 0. The molecule has 0 radical (unpaired) electrons. The molecule has 3 saturated carbocycles. The number of nitrogens with one attached hydrogen (secondary N) is 1. The van der Waals surface area contributed by atoms with Crippen LogP contribution in [0.25, 0.3) is 0 Å². The Labute approximate surface area is 232 Å². The van der Waals surface area contributed by atoms with Gasteiger partial charge >= 0.3 is 0 Å². The van der Waals surface area contributed by atoms with Crippen molar-refractivity contribution in [3.63, 3.8) is 0 Å². The maximum atomic E-state index is 3.17. The highest BCUT2D eigenvalue weighted by Gasteiger charge is 2.61. The van der Waals surface area contributed by atoms with Crippen LogP contribution >= 0.6 is 21.6 Å². The van der Waals surface area contributed by atoms with Gasteiger partial charge in [0.25, 0.3) is 0 Å². The Morgan fingerprint density at radius 2 is 1.94 bits per heavy atom. The molecule has 0 saturated heterocycles. The predicted molar refractivity (Wildman–Crippen MR) is 164 cm³/mol. The molecule has 1 nitrogen and oxygen atoms in total. The van der Waals surface area contributed by atoms with E-state index >= 15 is 0 Å². The Kier molecular flexibility index (Phi) is 9.67. The summed E-state index contributed by atoms with van der Waals surface area (Å²) in [7, 11) is 6.24. The van der Waals surface area contributed by atoms with Crippen molar-refractivity contribution in [3.05, 3.63) is 23.4 Å². The van der Waals surface area contributed by atoms with E-state index in [0.717, 1.165) is 52.4 Å². The standard InChI is InChI=1S/C33H57NS2/c1-22(2)10-9-11-24(4)29-14-15-30-28-13-12-26-18-27(36-35-21-23(3)20-34-8)16-17-32(26,6)31(28)25(5)19-33(29,30)7/h12,20,22,24-25,27-31,34H,9-11,13-19,21H2,1-8H3/b23-20+. The number of fused-ring (bicyclic) bond motifs is 5. The van der Waals surface area contributed by atoms with Crippen molar-refractivity contribution in [3.8, 4) is 0 Å². The Hall–Kier alpha value is -0.0200. The van der Waals surface area contributed by atoms with Gasteiger partial charge in [-0.3, -0.25) is 0 Å². The normalized spacial score (nSPS) is 41.4. The zero-order chi connectivity index (χ0) is 26.1. The molecule has 0 aromatic rings. The maximum absolute atomic E-state index is 3.17. The lowest BCUT2D eigenvalue weighted by molar-refractivity contribution is -0.0832. The van der Waals surface area contributed by atoms with Gasteiger partial charge in [0.15, 0.2) is 0 Å². The van der Waals surface area contributed by atoms with Crippen molar-refractivity contribution < 1.29 is 0 Å². The first-order valence-electron chi connectivity index (χ1n) is 15.4. The third-order valence-corrected chi connectivity index (χ3v) is 14.3. The molecule has 0 heterocycles. The number of hydrogen-bond acceptors (Lipinski definition) is 3. The van der Waals surface area contributed by atoms with Gasteiger partial charge in [-0.05, 0) is 116 Å². The van der Waals surface area contributed by atoms with E-state index in [1.54, 1.807) is 0 Å². The van der Waals surface area contributed by atoms with Gasteiger partial charge in [-0.1, -0.05) is 94.0 Å². The molecule has 1 N–H and O–H groups in total. The third kappa shape index (κ3) is 5.78. The minimum Gasteiger partial charge on any atom is -0.394 e. The molecule has 4 rings (SSSR count). The van der Waals surface area contributed by atoms with Gasteiger partial charge in [-0.25, -0.2) is 0 Å². The van der Waals surface area contributed by atoms with Gasteiger partial charge in [0, 0.05) is 18.1 Å². The molecular weight excluding hydrogens is 475 g/mol. The summed E-state index contributed by atoms with van der Waals surface area (Å²) in [5.74, 6) is 7.56.